The molecule has 1 atom stereocenters. The molecule has 10 heteroatoms. The van der Waals surface area contributed by atoms with Crippen molar-refractivity contribution < 1.29 is 13.2 Å². The third-order valence-electron chi connectivity index (χ3n) is 6.12. The standard InChI is InChI=1S/C21H24N6O3S/c28-20(16-6-10-27(15-16)31(29,30)21-23-8-9-24-21)26-13-11-25(12-14-26)19-5-7-22-18-4-2-1-3-17(18)19/h1-5,7-9,16H,6,10-15H2,(H,23,24). The van der Waals surface area contributed by atoms with Crippen LogP contribution in [0.1, 0.15) is 6.42 Å². The summed E-state index contributed by atoms with van der Waals surface area (Å²) >= 11 is 0. The van der Waals surface area contributed by atoms with E-state index in [1.807, 2.05) is 35.4 Å². The highest BCUT2D eigenvalue weighted by atomic mass is 32.2. The third-order valence-corrected chi connectivity index (χ3v) is 7.84. The number of anilines is 1. The summed E-state index contributed by atoms with van der Waals surface area (Å²) in [5.74, 6) is -0.269. The van der Waals surface area contributed by atoms with Gasteiger partial charge in [0.2, 0.25) is 11.1 Å². The first-order chi connectivity index (χ1) is 15.0. The van der Waals surface area contributed by atoms with Gasteiger partial charge >= 0.3 is 0 Å². The van der Waals surface area contributed by atoms with Crippen molar-refractivity contribution in [1.82, 2.24) is 24.2 Å². The number of hydrogen-bond acceptors (Lipinski definition) is 6. The van der Waals surface area contributed by atoms with Gasteiger partial charge in [0.15, 0.2) is 0 Å². The number of piperazine rings is 1. The van der Waals surface area contributed by atoms with Crippen LogP contribution in [0.15, 0.2) is 54.1 Å². The fourth-order valence-electron chi connectivity index (χ4n) is 4.44. The summed E-state index contributed by atoms with van der Waals surface area (Å²) in [6, 6.07) is 10.1. The van der Waals surface area contributed by atoms with Crippen LogP contribution >= 0.6 is 0 Å². The van der Waals surface area contributed by atoms with Crippen molar-refractivity contribution in [3.05, 3.63) is 48.9 Å². The Balaban J connectivity index is 1.23. The number of imidazole rings is 1. The lowest BCUT2D eigenvalue weighted by Crippen LogP contribution is -2.50. The molecule has 2 fully saturated rings. The molecule has 2 aromatic heterocycles. The molecule has 0 bridgehead atoms. The van der Waals surface area contributed by atoms with Crippen molar-refractivity contribution in [2.75, 3.05) is 44.2 Å². The molecule has 1 aromatic carbocycles. The summed E-state index contributed by atoms with van der Waals surface area (Å²) in [7, 11) is -3.68. The van der Waals surface area contributed by atoms with Crippen LogP contribution in [-0.4, -0.2) is 77.8 Å². The number of carbonyl (C=O) groups excluding carboxylic acids is 1. The molecule has 0 aliphatic carbocycles. The van der Waals surface area contributed by atoms with Crippen molar-refractivity contribution in [3.63, 3.8) is 0 Å². The van der Waals surface area contributed by atoms with Gasteiger partial charge in [0, 0.05) is 68.9 Å². The summed E-state index contributed by atoms with van der Waals surface area (Å²) in [6.45, 7) is 3.26. The first-order valence-corrected chi connectivity index (χ1v) is 11.8. The Morgan fingerprint density at radius 3 is 2.58 bits per heavy atom. The molecular weight excluding hydrogens is 416 g/mol. The van der Waals surface area contributed by atoms with E-state index < -0.39 is 10.0 Å². The quantitative estimate of drug-likeness (QED) is 0.656. The Morgan fingerprint density at radius 2 is 1.81 bits per heavy atom. The molecular formula is C21H24N6O3S. The minimum atomic E-state index is -3.68. The van der Waals surface area contributed by atoms with Crippen LogP contribution in [-0.2, 0) is 14.8 Å². The largest absolute Gasteiger partial charge is 0.367 e. The highest BCUT2D eigenvalue weighted by molar-refractivity contribution is 7.89. The average molecular weight is 441 g/mol. The molecule has 31 heavy (non-hydrogen) atoms. The van der Waals surface area contributed by atoms with E-state index >= 15 is 0 Å². The molecule has 162 valence electrons. The summed E-state index contributed by atoms with van der Waals surface area (Å²) in [5.41, 5.74) is 2.09. The van der Waals surface area contributed by atoms with E-state index in [0.29, 0.717) is 26.1 Å². The van der Waals surface area contributed by atoms with Crippen molar-refractivity contribution in [2.45, 2.75) is 11.6 Å². The Morgan fingerprint density at radius 1 is 1.00 bits per heavy atom. The van der Waals surface area contributed by atoms with Crippen LogP contribution in [0.25, 0.3) is 10.9 Å². The molecule has 2 aliphatic heterocycles. The van der Waals surface area contributed by atoms with Gasteiger partial charge in [0.25, 0.3) is 10.0 Å². The fourth-order valence-corrected chi connectivity index (χ4v) is 5.82. The smallest absolute Gasteiger partial charge is 0.276 e. The molecule has 1 unspecified atom stereocenters. The Kier molecular flexibility index (Phi) is 5.11. The van der Waals surface area contributed by atoms with Crippen LogP contribution in [0.5, 0.6) is 0 Å². The van der Waals surface area contributed by atoms with Crippen LogP contribution in [0.4, 0.5) is 5.69 Å². The van der Waals surface area contributed by atoms with E-state index in [1.54, 1.807) is 0 Å². The number of nitrogens with one attached hydrogen (secondary N) is 1. The number of rotatable bonds is 4. The van der Waals surface area contributed by atoms with E-state index in [4.69, 9.17) is 0 Å². The maximum Gasteiger partial charge on any atom is 0.276 e. The fraction of sp³-hybridized carbons (Fsp3) is 0.381. The summed E-state index contributed by atoms with van der Waals surface area (Å²) in [5, 5.41) is 1.04. The van der Waals surface area contributed by atoms with Crippen LogP contribution in [0.2, 0.25) is 0 Å². The predicted octanol–water partition coefficient (Wildman–Crippen LogP) is 1.32. The van der Waals surface area contributed by atoms with Gasteiger partial charge in [-0.2, -0.15) is 4.31 Å². The molecule has 2 saturated heterocycles. The molecule has 0 radical (unpaired) electrons. The molecule has 3 aromatic rings. The van der Waals surface area contributed by atoms with Crippen molar-refractivity contribution in [1.29, 1.82) is 0 Å². The number of carbonyl (C=O) groups is 1. The van der Waals surface area contributed by atoms with Crippen LogP contribution in [0.3, 0.4) is 0 Å². The number of benzene rings is 1. The number of pyridine rings is 1. The van der Waals surface area contributed by atoms with E-state index in [9.17, 15) is 13.2 Å². The second kappa shape index (κ2) is 7.93. The maximum atomic E-state index is 13.1. The predicted molar refractivity (Wildman–Crippen MR) is 116 cm³/mol. The number of para-hydroxylation sites is 1. The van der Waals surface area contributed by atoms with Crippen LogP contribution in [0, 0.1) is 5.92 Å². The van der Waals surface area contributed by atoms with Gasteiger partial charge in [-0.05, 0) is 18.6 Å². The summed E-state index contributed by atoms with van der Waals surface area (Å²) < 4.78 is 26.6. The lowest BCUT2D eigenvalue weighted by Gasteiger charge is -2.37. The van der Waals surface area contributed by atoms with Gasteiger partial charge in [-0.1, -0.05) is 18.2 Å². The molecule has 5 rings (SSSR count). The van der Waals surface area contributed by atoms with Gasteiger partial charge in [0.1, 0.15) is 0 Å². The molecule has 4 heterocycles. The number of H-pyrrole nitrogens is 1. The van der Waals surface area contributed by atoms with Gasteiger partial charge in [-0.15, -0.1) is 0 Å². The van der Waals surface area contributed by atoms with Gasteiger partial charge in [-0.3, -0.25) is 9.78 Å². The number of aromatic amines is 1. The lowest BCUT2D eigenvalue weighted by molar-refractivity contribution is -0.135. The zero-order chi connectivity index (χ0) is 21.4. The summed E-state index contributed by atoms with van der Waals surface area (Å²) in [6.07, 6.45) is 5.25. The van der Waals surface area contributed by atoms with E-state index in [-0.39, 0.29) is 23.5 Å². The highest BCUT2D eigenvalue weighted by Gasteiger charge is 2.39. The van der Waals surface area contributed by atoms with Gasteiger partial charge in [0.05, 0.1) is 11.4 Å². The number of hydrogen-bond donors (Lipinski definition) is 1. The number of fused-ring (bicyclic) bond motifs is 1. The van der Waals surface area contributed by atoms with Crippen molar-refractivity contribution in [2.24, 2.45) is 5.92 Å². The lowest BCUT2D eigenvalue weighted by atomic mass is 10.1. The zero-order valence-corrected chi connectivity index (χ0v) is 17.8. The SMILES string of the molecule is O=C(C1CCN(S(=O)(=O)c2ncc[nH]2)C1)N1CCN(c2ccnc3ccccc23)CC1. The number of amides is 1. The van der Waals surface area contributed by atoms with Crippen molar-refractivity contribution >= 4 is 32.5 Å². The molecule has 0 spiro atoms. The third kappa shape index (κ3) is 3.66. The normalized spacial score (nSPS) is 20.5. The van der Waals surface area contributed by atoms with Gasteiger partial charge < -0.3 is 14.8 Å². The van der Waals surface area contributed by atoms with E-state index in [0.717, 1.165) is 29.7 Å². The number of nitrogens with zero attached hydrogens (tertiary/aromatic N) is 5. The number of sulfonamides is 1. The highest BCUT2D eigenvalue weighted by Crippen LogP contribution is 2.28. The second-order valence-electron chi connectivity index (χ2n) is 7.90. The van der Waals surface area contributed by atoms with Gasteiger partial charge in [-0.25, -0.2) is 13.4 Å². The van der Waals surface area contributed by atoms with Crippen LogP contribution < -0.4 is 4.90 Å². The minimum Gasteiger partial charge on any atom is -0.367 e. The average Bonchev–Trinajstić information content (AvgIpc) is 3.52. The molecule has 1 N–H and O–H groups in total. The maximum absolute atomic E-state index is 13.1. The second-order valence-corrected chi connectivity index (χ2v) is 9.76. The molecule has 9 nitrogen and oxygen atoms in total. The van der Waals surface area contributed by atoms with E-state index in [2.05, 4.69) is 25.9 Å². The number of aromatic nitrogens is 3. The van der Waals surface area contributed by atoms with E-state index in [1.165, 1.54) is 16.7 Å². The first kappa shape index (κ1) is 20.0. The molecule has 0 saturated carbocycles. The minimum absolute atomic E-state index is 0.0383. The Labute approximate surface area is 180 Å². The molecule has 2 aliphatic rings. The zero-order valence-electron chi connectivity index (χ0n) is 17.0. The monoisotopic (exact) mass is 440 g/mol. The first-order valence-electron chi connectivity index (χ1n) is 10.4. The Bertz CT molecular complexity index is 1180. The summed E-state index contributed by atoms with van der Waals surface area (Å²) in [4.78, 5) is 28.2. The topological polar surface area (TPSA) is 102 Å². The van der Waals surface area contributed by atoms with Crippen molar-refractivity contribution in [3.8, 4) is 0 Å². The molecule has 1 amide bonds. The Hall–Kier alpha value is -2.98.